The van der Waals surface area contributed by atoms with Crippen LogP contribution in [-0.4, -0.2) is 21.3 Å². The molecule has 1 saturated carbocycles. The van der Waals surface area contributed by atoms with E-state index in [0.29, 0.717) is 12.5 Å². The highest BCUT2D eigenvalue weighted by atomic mass is 32.2. The van der Waals surface area contributed by atoms with Crippen LogP contribution in [0, 0.1) is 5.92 Å². The summed E-state index contributed by atoms with van der Waals surface area (Å²) >= 11 is 0. The average Bonchev–Trinajstić information content (AvgIpc) is 1.56. The molecule has 0 aromatic rings. The van der Waals surface area contributed by atoms with Crippen molar-refractivity contribution in [2.45, 2.75) is 19.3 Å². The van der Waals surface area contributed by atoms with E-state index in [1.54, 1.807) is 0 Å². The third kappa shape index (κ3) is 2.66. The van der Waals surface area contributed by atoms with Crippen molar-refractivity contribution in [2.75, 3.05) is 12.9 Å². The maximum atomic E-state index is 10.5. The molecule has 1 fully saturated rings. The van der Waals surface area contributed by atoms with Gasteiger partial charge in [0.15, 0.2) is 0 Å². The Morgan fingerprint density at radius 2 is 2.10 bits per heavy atom. The summed E-state index contributed by atoms with van der Waals surface area (Å²) in [7, 11) is -3.20. The fourth-order valence-electron chi connectivity index (χ4n) is 0.879. The predicted molar refractivity (Wildman–Crippen MR) is 38.1 cm³/mol. The summed E-state index contributed by atoms with van der Waals surface area (Å²) in [6.45, 7) is 0.388. The summed E-state index contributed by atoms with van der Waals surface area (Å²) in [5, 5.41) is 0. The van der Waals surface area contributed by atoms with Gasteiger partial charge in [0.2, 0.25) is 0 Å². The summed E-state index contributed by atoms with van der Waals surface area (Å²) in [5.41, 5.74) is 0. The SMILES string of the molecule is CS(=O)(=O)OCC1CCC1. The van der Waals surface area contributed by atoms with Crippen LogP contribution in [0.1, 0.15) is 19.3 Å². The van der Waals surface area contributed by atoms with Crippen molar-refractivity contribution in [1.82, 2.24) is 0 Å². The Kier molecular flexibility index (Phi) is 2.31. The molecule has 10 heavy (non-hydrogen) atoms. The molecule has 0 spiro atoms. The maximum Gasteiger partial charge on any atom is 0.264 e. The summed E-state index contributed by atoms with van der Waals surface area (Å²) in [6, 6.07) is 0. The lowest BCUT2D eigenvalue weighted by Crippen LogP contribution is -2.19. The molecule has 0 heterocycles. The van der Waals surface area contributed by atoms with Crippen molar-refractivity contribution in [3.63, 3.8) is 0 Å². The van der Waals surface area contributed by atoms with Crippen LogP contribution in [0.4, 0.5) is 0 Å². The summed E-state index contributed by atoms with van der Waals surface area (Å²) in [5.74, 6) is 0.495. The first-order chi connectivity index (χ1) is 4.58. The molecule has 1 aliphatic carbocycles. The van der Waals surface area contributed by atoms with Crippen LogP contribution in [0.15, 0.2) is 0 Å². The highest BCUT2D eigenvalue weighted by Crippen LogP contribution is 2.26. The fourth-order valence-corrected chi connectivity index (χ4v) is 1.32. The number of hydrogen-bond acceptors (Lipinski definition) is 3. The molecule has 0 aliphatic heterocycles. The van der Waals surface area contributed by atoms with Crippen LogP contribution in [-0.2, 0) is 14.3 Å². The summed E-state index contributed by atoms with van der Waals surface area (Å²) in [4.78, 5) is 0. The van der Waals surface area contributed by atoms with Gasteiger partial charge in [-0.1, -0.05) is 6.42 Å². The average molecular weight is 164 g/mol. The Labute approximate surface area is 61.5 Å². The lowest BCUT2D eigenvalue weighted by atomic mass is 9.86. The monoisotopic (exact) mass is 164 g/mol. The minimum absolute atomic E-state index is 0.388. The number of rotatable bonds is 3. The van der Waals surface area contributed by atoms with Crippen LogP contribution in [0.25, 0.3) is 0 Å². The first kappa shape index (κ1) is 8.01. The van der Waals surface area contributed by atoms with Crippen molar-refractivity contribution in [3.8, 4) is 0 Å². The van der Waals surface area contributed by atoms with Crippen molar-refractivity contribution in [3.05, 3.63) is 0 Å². The molecule has 1 rings (SSSR count). The predicted octanol–water partition coefficient (Wildman–Crippen LogP) is 0.763. The van der Waals surface area contributed by atoms with Crippen LogP contribution >= 0.6 is 0 Å². The van der Waals surface area contributed by atoms with Gasteiger partial charge in [0.1, 0.15) is 0 Å². The normalized spacial score (nSPS) is 20.5. The van der Waals surface area contributed by atoms with Gasteiger partial charge in [0.05, 0.1) is 12.9 Å². The first-order valence-electron chi connectivity index (χ1n) is 3.42. The van der Waals surface area contributed by atoms with E-state index < -0.39 is 10.1 Å². The van der Waals surface area contributed by atoms with Crippen molar-refractivity contribution >= 4 is 10.1 Å². The van der Waals surface area contributed by atoms with Crippen LogP contribution in [0.5, 0.6) is 0 Å². The van der Waals surface area contributed by atoms with E-state index in [-0.39, 0.29) is 0 Å². The Morgan fingerprint density at radius 1 is 1.50 bits per heavy atom. The van der Waals surface area contributed by atoms with Gasteiger partial charge in [-0.3, -0.25) is 4.18 Å². The molecular formula is C6H12O3S. The standard InChI is InChI=1S/C6H12O3S/c1-10(7,8)9-5-6-3-2-4-6/h6H,2-5H2,1H3. The summed E-state index contributed by atoms with van der Waals surface area (Å²) in [6.07, 6.45) is 4.55. The smallest absolute Gasteiger partial charge is 0.264 e. The van der Waals surface area contributed by atoms with Gasteiger partial charge in [0.25, 0.3) is 10.1 Å². The van der Waals surface area contributed by atoms with Crippen LogP contribution in [0.3, 0.4) is 0 Å². The molecule has 3 nitrogen and oxygen atoms in total. The Bertz CT molecular complexity index is 191. The molecule has 0 bridgehead atoms. The van der Waals surface area contributed by atoms with E-state index in [1.807, 2.05) is 0 Å². The maximum absolute atomic E-state index is 10.5. The molecule has 0 aromatic heterocycles. The van der Waals surface area contributed by atoms with Gasteiger partial charge in [0, 0.05) is 0 Å². The molecule has 0 saturated heterocycles. The van der Waals surface area contributed by atoms with Gasteiger partial charge in [-0.15, -0.1) is 0 Å². The fraction of sp³-hybridized carbons (Fsp3) is 1.00. The van der Waals surface area contributed by atoms with E-state index in [0.717, 1.165) is 19.1 Å². The van der Waals surface area contributed by atoms with Gasteiger partial charge < -0.3 is 0 Å². The van der Waals surface area contributed by atoms with Gasteiger partial charge in [-0.25, -0.2) is 0 Å². The molecular weight excluding hydrogens is 152 g/mol. The summed E-state index contributed by atoms with van der Waals surface area (Å²) < 4.78 is 25.5. The molecule has 4 heteroatoms. The Morgan fingerprint density at radius 3 is 2.40 bits per heavy atom. The minimum atomic E-state index is -3.20. The third-order valence-electron chi connectivity index (χ3n) is 1.74. The topological polar surface area (TPSA) is 43.4 Å². The highest BCUT2D eigenvalue weighted by molar-refractivity contribution is 7.85. The quantitative estimate of drug-likeness (QED) is 0.578. The van der Waals surface area contributed by atoms with E-state index in [9.17, 15) is 8.42 Å². The second-order valence-corrected chi connectivity index (χ2v) is 4.43. The molecule has 0 aromatic carbocycles. The number of hydrogen-bond donors (Lipinski definition) is 0. The largest absolute Gasteiger partial charge is 0.270 e. The molecule has 0 N–H and O–H groups in total. The highest BCUT2D eigenvalue weighted by Gasteiger charge is 2.19. The third-order valence-corrected chi connectivity index (χ3v) is 2.31. The van der Waals surface area contributed by atoms with E-state index in [2.05, 4.69) is 4.18 Å². The van der Waals surface area contributed by atoms with E-state index in [1.165, 1.54) is 6.42 Å². The first-order valence-corrected chi connectivity index (χ1v) is 5.24. The van der Waals surface area contributed by atoms with Crippen molar-refractivity contribution in [1.29, 1.82) is 0 Å². The van der Waals surface area contributed by atoms with E-state index in [4.69, 9.17) is 0 Å². The van der Waals surface area contributed by atoms with Crippen molar-refractivity contribution < 1.29 is 12.6 Å². The van der Waals surface area contributed by atoms with Crippen LogP contribution < -0.4 is 0 Å². The Balaban J connectivity index is 2.16. The lowest BCUT2D eigenvalue weighted by molar-refractivity contribution is 0.187. The molecule has 0 amide bonds. The zero-order valence-electron chi connectivity index (χ0n) is 6.04. The zero-order chi connectivity index (χ0) is 7.61. The van der Waals surface area contributed by atoms with Crippen LogP contribution in [0.2, 0.25) is 0 Å². The second kappa shape index (κ2) is 2.88. The molecule has 60 valence electrons. The van der Waals surface area contributed by atoms with E-state index >= 15 is 0 Å². The van der Waals surface area contributed by atoms with Crippen molar-refractivity contribution in [2.24, 2.45) is 5.92 Å². The lowest BCUT2D eigenvalue weighted by Gasteiger charge is -2.23. The van der Waals surface area contributed by atoms with Gasteiger partial charge >= 0.3 is 0 Å². The minimum Gasteiger partial charge on any atom is -0.270 e. The van der Waals surface area contributed by atoms with Gasteiger partial charge in [-0.2, -0.15) is 8.42 Å². The molecule has 1 aliphatic rings. The zero-order valence-corrected chi connectivity index (χ0v) is 6.86. The Hall–Kier alpha value is -0.0900. The molecule has 0 unspecified atom stereocenters. The molecule has 0 radical (unpaired) electrons. The molecule has 0 atom stereocenters. The second-order valence-electron chi connectivity index (χ2n) is 2.79. The van der Waals surface area contributed by atoms with Gasteiger partial charge in [-0.05, 0) is 18.8 Å².